The van der Waals surface area contributed by atoms with E-state index in [1.165, 1.54) is 12.1 Å². The van der Waals surface area contributed by atoms with E-state index < -0.39 is 0 Å². The fourth-order valence-electron chi connectivity index (χ4n) is 1.72. The maximum absolute atomic E-state index is 13.2. The van der Waals surface area contributed by atoms with Gasteiger partial charge in [0.05, 0.1) is 5.69 Å². The molecule has 0 amide bonds. The van der Waals surface area contributed by atoms with Gasteiger partial charge in [0, 0.05) is 18.3 Å². The Kier molecular flexibility index (Phi) is 4.86. The molecule has 1 aromatic carbocycles. The monoisotopic (exact) mass is 260 g/mol. The molecule has 0 radical (unpaired) electrons. The molecule has 0 fully saturated rings. The highest BCUT2D eigenvalue weighted by Gasteiger charge is 2.05. The molecule has 0 saturated carbocycles. The smallest absolute Gasteiger partial charge is 0.130 e. The van der Waals surface area contributed by atoms with E-state index in [0.717, 1.165) is 17.8 Å². The topological polar surface area (TPSA) is 34.1 Å². The number of nitrogens with zero attached hydrogens (tertiary/aromatic N) is 1. The van der Waals surface area contributed by atoms with Crippen LogP contribution >= 0.6 is 0 Å². The van der Waals surface area contributed by atoms with Crippen molar-refractivity contribution in [3.8, 4) is 5.75 Å². The summed E-state index contributed by atoms with van der Waals surface area (Å²) < 4.78 is 18.9. The maximum atomic E-state index is 13.2. The second-order valence-electron chi connectivity index (χ2n) is 4.14. The van der Waals surface area contributed by atoms with E-state index >= 15 is 0 Å². The summed E-state index contributed by atoms with van der Waals surface area (Å²) in [6, 6.07) is 10.2. The molecular weight excluding hydrogens is 243 g/mol. The van der Waals surface area contributed by atoms with Gasteiger partial charge in [-0.2, -0.15) is 0 Å². The van der Waals surface area contributed by atoms with Crippen LogP contribution in [-0.2, 0) is 13.2 Å². The lowest BCUT2D eigenvalue weighted by Crippen LogP contribution is -2.13. The SMILES string of the molecule is CCNCc1cc(F)ccc1OCc1ccccn1. The van der Waals surface area contributed by atoms with Gasteiger partial charge in [0.2, 0.25) is 0 Å². The summed E-state index contributed by atoms with van der Waals surface area (Å²) in [5.74, 6) is 0.436. The highest BCUT2D eigenvalue weighted by atomic mass is 19.1. The van der Waals surface area contributed by atoms with Gasteiger partial charge < -0.3 is 10.1 Å². The zero-order chi connectivity index (χ0) is 13.5. The van der Waals surface area contributed by atoms with Crippen molar-refractivity contribution in [2.24, 2.45) is 0 Å². The molecule has 1 N–H and O–H groups in total. The van der Waals surface area contributed by atoms with E-state index in [0.29, 0.717) is 18.9 Å². The van der Waals surface area contributed by atoms with Crippen LogP contribution in [0.4, 0.5) is 4.39 Å². The van der Waals surface area contributed by atoms with Crippen LogP contribution in [0, 0.1) is 5.82 Å². The number of benzene rings is 1. The third-order valence-corrected chi connectivity index (χ3v) is 2.69. The molecule has 0 atom stereocenters. The molecule has 1 aromatic heterocycles. The molecule has 0 bridgehead atoms. The molecule has 2 aromatic rings. The Balaban J connectivity index is 2.06. The van der Waals surface area contributed by atoms with Crippen molar-refractivity contribution < 1.29 is 9.13 Å². The Hall–Kier alpha value is -1.94. The van der Waals surface area contributed by atoms with Crippen molar-refractivity contribution in [1.82, 2.24) is 10.3 Å². The van der Waals surface area contributed by atoms with Crippen molar-refractivity contribution in [1.29, 1.82) is 0 Å². The van der Waals surface area contributed by atoms with Crippen LogP contribution in [0.1, 0.15) is 18.2 Å². The molecule has 2 rings (SSSR count). The number of hydrogen-bond donors (Lipinski definition) is 1. The Morgan fingerprint density at radius 1 is 1.26 bits per heavy atom. The highest BCUT2D eigenvalue weighted by Crippen LogP contribution is 2.20. The number of halogens is 1. The van der Waals surface area contributed by atoms with Gasteiger partial charge in [0.1, 0.15) is 18.2 Å². The molecule has 4 heteroatoms. The van der Waals surface area contributed by atoms with E-state index in [1.807, 2.05) is 25.1 Å². The number of nitrogens with one attached hydrogen (secondary N) is 1. The minimum absolute atomic E-state index is 0.252. The van der Waals surface area contributed by atoms with Crippen molar-refractivity contribution in [3.05, 3.63) is 59.7 Å². The average Bonchev–Trinajstić information content (AvgIpc) is 2.45. The summed E-state index contributed by atoms with van der Waals surface area (Å²) >= 11 is 0. The van der Waals surface area contributed by atoms with Crippen LogP contribution < -0.4 is 10.1 Å². The number of aromatic nitrogens is 1. The summed E-state index contributed by atoms with van der Waals surface area (Å²) in [4.78, 5) is 4.19. The Bertz CT molecular complexity index is 517. The lowest BCUT2D eigenvalue weighted by atomic mass is 10.2. The van der Waals surface area contributed by atoms with Gasteiger partial charge in [-0.25, -0.2) is 4.39 Å². The van der Waals surface area contributed by atoms with Crippen molar-refractivity contribution in [3.63, 3.8) is 0 Å². The Morgan fingerprint density at radius 2 is 2.16 bits per heavy atom. The summed E-state index contributed by atoms with van der Waals surface area (Å²) in [5.41, 5.74) is 1.67. The molecule has 0 aliphatic rings. The second-order valence-corrected chi connectivity index (χ2v) is 4.14. The van der Waals surface area contributed by atoms with Gasteiger partial charge in [-0.3, -0.25) is 4.98 Å². The first-order valence-electron chi connectivity index (χ1n) is 6.31. The molecule has 0 spiro atoms. The first-order valence-corrected chi connectivity index (χ1v) is 6.31. The van der Waals surface area contributed by atoms with Gasteiger partial charge in [-0.1, -0.05) is 13.0 Å². The van der Waals surface area contributed by atoms with Crippen LogP contribution in [-0.4, -0.2) is 11.5 Å². The van der Waals surface area contributed by atoms with Crippen LogP contribution in [0.3, 0.4) is 0 Å². The van der Waals surface area contributed by atoms with E-state index in [4.69, 9.17) is 4.74 Å². The number of rotatable bonds is 6. The first-order chi connectivity index (χ1) is 9.29. The average molecular weight is 260 g/mol. The third-order valence-electron chi connectivity index (χ3n) is 2.69. The molecule has 3 nitrogen and oxygen atoms in total. The maximum Gasteiger partial charge on any atom is 0.130 e. The fourth-order valence-corrected chi connectivity index (χ4v) is 1.72. The van der Waals surface area contributed by atoms with Gasteiger partial charge in [-0.05, 0) is 36.9 Å². The van der Waals surface area contributed by atoms with Crippen molar-refractivity contribution in [2.45, 2.75) is 20.1 Å². The standard InChI is InChI=1S/C15H17FN2O/c1-2-17-10-12-9-13(16)6-7-15(12)19-11-14-5-3-4-8-18-14/h3-9,17H,2,10-11H2,1H3. The minimum atomic E-state index is -0.252. The number of hydrogen-bond acceptors (Lipinski definition) is 3. The van der Waals surface area contributed by atoms with Crippen LogP contribution in [0.25, 0.3) is 0 Å². The highest BCUT2D eigenvalue weighted by molar-refractivity contribution is 5.34. The number of ether oxygens (including phenoxy) is 1. The summed E-state index contributed by atoms with van der Waals surface area (Å²) in [7, 11) is 0. The van der Waals surface area contributed by atoms with Crippen LogP contribution in [0.2, 0.25) is 0 Å². The van der Waals surface area contributed by atoms with Gasteiger partial charge in [0.25, 0.3) is 0 Å². The molecule has 1 heterocycles. The lowest BCUT2D eigenvalue weighted by Gasteiger charge is -2.11. The largest absolute Gasteiger partial charge is 0.487 e. The zero-order valence-electron chi connectivity index (χ0n) is 10.9. The predicted molar refractivity (Wildman–Crippen MR) is 72.3 cm³/mol. The van der Waals surface area contributed by atoms with Crippen LogP contribution in [0.15, 0.2) is 42.6 Å². The van der Waals surface area contributed by atoms with Gasteiger partial charge in [-0.15, -0.1) is 0 Å². The Morgan fingerprint density at radius 3 is 2.89 bits per heavy atom. The van der Waals surface area contributed by atoms with Crippen molar-refractivity contribution >= 4 is 0 Å². The third kappa shape index (κ3) is 4.03. The van der Waals surface area contributed by atoms with Crippen LogP contribution in [0.5, 0.6) is 5.75 Å². The summed E-state index contributed by atoms with van der Waals surface area (Å²) in [6.07, 6.45) is 1.73. The molecular formula is C15H17FN2O. The molecule has 0 aliphatic heterocycles. The Labute approximate surface area is 112 Å². The molecule has 100 valence electrons. The van der Waals surface area contributed by atoms with E-state index in [2.05, 4.69) is 10.3 Å². The normalized spacial score (nSPS) is 10.4. The van der Waals surface area contributed by atoms with E-state index in [1.54, 1.807) is 12.3 Å². The summed E-state index contributed by atoms with van der Waals surface area (Å²) in [6.45, 7) is 3.81. The molecule has 0 aliphatic carbocycles. The molecule has 0 unspecified atom stereocenters. The van der Waals surface area contributed by atoms with Gasteiger partial charge >= 0.3 is 0 Å². The zero-order valence-corrected chi connectivity index (χ0v) is 10.9. The molecule has 0 saturated heterocycles. The number of pyridine rings is 1. The second kappa shape index (κ2) is 6.85. The minimum Gasteiger partial charge on any atom is -0.487 e. The van der Waals surface area contributed by atoms with Gasteiger partial charge in [0.15, 0.2) is 0 Å². The van der Waals surface area contributed by atoms with E-state index in [-0.39, 0.29) is 5.82 Å². The summed E-state index contributed by atoms with van der Waals surface area (Å²) in [5, 5.41) is 3.17. The predicted octanol–water partition coefficient (Wildman–Crippen LogP) is 2.91. The molecule has 19 heavy (non-hydrogen) atoms. The van der Waals surface area contributed by atoms with E-state index in [9.17, 15) is 4.39 Å². The first kappa shape index (κ1) is 13.5. The van der Waals surface area contributed by atoms with Crippen molar-refractivity contribution in [2.75, 3.05) is 6.54 Å². The lowest BCUT2D eigenvalue weighted by molar-refractivity contribution is 0.297. The fraction of sp³-hybridized carbons (Fsp3) is 0.267. The quantitative estimate of drug-likeness (QED) is 0.867.